The number of allylic oxidation sites excluding steroid dienone is 6. The van der Waals surface area contributed by atoms with Crippen molar-refractivity contribution in [3.8, 4) is 0 Å². The van der Waals surface area contributed by atoms with Crippen LogP contribution in [0.15, 0.2) is 35.5 Å². The molecular weight excluding hydrogens is 224 g/mol. The maximum Gasteiger partial charge on any atom is 0.0215 e. The minimum absolute atomic E-state index is 0.935. The van der Waals surface area contributed by atoms with Gasteiger partial charge >= 0.3 is 0 Å². The summed E-state index contributed by atoms with van der Waals surface area (Å²) in [6, 6.07) is 0. The Balaban J connectivity index is 3.73. The number of hydrogen-bond donors (Lipinski definition) is 0. The number of alkyl halides is 1. The van der Waals surface area contributed by atoms with Crippen LogP contribution in [-0.4, -0.2) is 5.33 Å². The molecule has 0 aromatic heterocycles. The molecule has 0 nitrogen and oxygen atoms in total. The highest BCUT2D eigenvalue weighted by Crippen LogP contribution is 2.06. The minimum Gasteiger partial charge on any atom is -0.0883 e. The monoisotopic (exact) mass is 242 g/mol. The van der Waals surface area contributed by atoms with E-state index in [1.807, 2.05) is 0 Å². The van der Waals surface area contributed by atoms with Crippen molar-refractivity contribution in [1.29, 1.82) is 0 Å². The van der Waals surface area contributed by atoms with E-state index in [0.717, 1.165) is 18.2 Å². The first-order chi connectivity index (χ1) is 6.16. The fourth-order valence-electron chi connectivity index (χ4n) is 0.956. The largest absolute Gasteiger partial charge is 0.0883 e. The molecule has 1 heteroatoms. The first-order valence-electron chi connectivity index (χ1n) is 4.68. The van der Waals surface area contributed by atoms with E-state index < -0.39 is 0 Å². The first-order valence-corrected chi connectivity index (χ1v) is 5.80. The zero-order chi connectivity index (χ0) is 10.1. The van der Waals surface area contributed by atoms with Crippen LogP contribution in [0.4, 0.5) is 0 Å². The van der Waals surface area contributed by atoms with Crippen molar-refractivity contribution in [3.63, 3.8) is 0 Å². The molecule has 0 N–H and O–H groups in total. The van der Waals surface area contributed by atoms with Crippen molar-refractivity contribution in [2.75, 3.05) is 5.33 Å². The molecule has 0 radical (unpaired) electrons. The fourth-order valence-corrected chi connectivity index (χ4v) is 1.17. The molecule has 0 atom stereocenters. The maximum atomic E-state index is 3.35. The van der Waals surface area contributed by atoms with Gasteiger partial charge in [0.1, 0.15) is 0 Å². The third-order valence-corrected chi connectivity index (χ3v) is 2.07. The molecule has 0 aliphatic carbocycles. The van der Waals surface area contributed by atoms with Gasteiger partial charge in [-0.15, -0.1) is 0 Å². The molecule has 0 bridgehead atoms. The zero-order valence-electron chi connectivity index (χ0n) is 8.81. The van der Waals surface area contributed by atoms with E-state index in [4.69, 9.17) is 0 Å². The molecule has 0 aromatic rings. The van der Waals surface area contributed by atoms with Crippen molar-refractivity contribution in [2.24, 2.45) is 0 Å². The Morgan fingerprint density at radius 2 is 1.92 bits per heavy atom. The van der Waals surface area contributed by atoms with Gasteiger partial charge in [-0.3, -0.25) is 0 Å². The van der Waals surface area contributed by atoms with Gasteiger partial charge in [-0.2, -0.15) is 0 Å². The molecule has 0 rings (SSSR count). The van der Waals surface area contributed by atoms with Crippen molar-refractivity contribution < 1.29 is 0 Å². The molecule has 0 aliphatic heterocycles. The van der Waals surface area contributed by atoms with Gasteiger partial charge in [0.2, 0.25) is 0 Å². The van der Waals surface area contributed by atoms with Crippen LogP contribution in [0.1, 0.15) is 33.6 Å². The van der Waals surface area contributed by atoms with E-state index in [2.05, 4.69) is 61.0 Å². The second-order valence-corrected chi connectivity index (χ2v) is 4.06. The van der Waals surface area contributed by atoms with Gasteiger partial charge in [0.15, 0.2) is 0 Å². The summed E-state index contributed by atoms with van der Waals surface area (Å²) in [6.07, 6.45) is 11.0. The van der Waals surface area contributed by atoms with Gasteiger partial charge in [-0.25, -0.2) is 0 Å². The molecule has 13 heavy (non-hydrogen) atoms. The molecule has 0 fully saturated rings. The van der Waals surface area contributed by atoms with E-state index in [-0.39, 0.29) is 0 Å². The summed E-state index contributed by atoms with van der Waals surface area (Å²) >= 11 is 3.35. The molecule has 0 saturated carbocycles. The topological polar surface area (TPSA) is 0 Å². The number of hydrogen-bond acceptors (Lipinski definition) is 0. The van der Waals surface area contributed by atoms with Crippen LogP contribution in [0.5, 0.6) is 0 Å². The van der Waals surface area contributed by atoms with Crippen molar-refractivity contribution >= 4 is 15.9 Å². The van der Waals surface area contributed by atoms with E-state index in [9.17, 15) is 0 Å². The van der Waals surface area contributed by atoms with Gasteiger partial charge < -0.3 is 0 Å². The minimum atomic E-state index is 0.935. The Hall–Kier alpha value is -0.300. The summed E-state index contributed by atoms with van der Waals surface area (Å²) in [4.78, 5) is 0. The Labute approximate surface area is 90.6 Å². The third-order valence-electron chi connectivity index (χ3n) is 1.70. The molecule has 0 heterocycles. The number of halogens is 1. The van der Waals surface area contributed by atoms with Gasteiger partial charge in [0, 0.05) is 5.33 Å². The highest BCUT2D eigenvalue weighted by Gasteiger charge is 1.86. The van der Waals surface area contributed by atoms with Crippen molar-refractivity contribution in [1.82, 2.24) is 0 Å². The van der Waals surface area contributed by atoms with Crippen LogP contribution in [0.2, 0.25) is 0 Å². The lowest BCUT2D eigenvalue weighted by Gasteiger charge is -1.96. The zero-order valence-corrected chi connectivity index (χ0v) is 10.4. The molecule has 74 valence electrons. The van der Waals surface area contributed by atoms with Crippen LogP contribution >= 0.6 is 15.9 Å². The summed E-state index contributed by atoms with van der Waals surface area (Å²) < 4.78 is 0. The van der Waals surface area contributed by atoms with Crippen molar-refractivity contribution in [3.05, 3.63) is 35.5 Å². The Morgan fingerprint density at radius 1 is 1.23 bits per heavy atom. The molecule has 0 aromatic carbocycles. The predicted molar refractivity (Wildman–Crippen MR) is 65.4 cm³/mol. The summed E-state index contributed by atoms with van der Waals surface area (Å²) in [6.45, 7) is 6.46. The van der Waals surface area contributed by atoms with E-state index in [0.29, 0.717) is 0 Å². The standard InChI is InChI=1S/C12H19Br/c1-11(2)7-6-9-12(3)8-4-5-10-13/h4-5,7-8H,6,9-10H2,1-3H3. The van der Waals surface area contributed by atoms with Gasteiger partial charge in [0.05, 0.1) is 0 Å². The second-order valence-electron chi connectivity index (χ2n) is 3.42. The van der Waals surface area contributed by atoms with Crippen molar-refractivity contribution in [2.45, 2.75) is 33.6 Å². The molecule has 0 spiro atoms. The quantitative estimate of drug-likeness (QED) is 0.375. The molecule has 0 aliphatic rings. The lowest BCUT2D eigenvalue weighted by atomic mass is 10.1. The van der Waals surface area contributed by atoms with Gasteiger partial charge in [-0.1, -0.05) is 51.4 Å². The van der Waals surface area contributed by atoms with E-state index in [1.165, 1.54) is 11.1 Å². The van der Waals surface area contributed by atoms with Crippen LogP contribution < -0.4 is 0 Å². The first kappa shape index (κ1) is 12.7. The van der Waals surface area contributed by atoms with E-state index in [1.54, 1.807) is 0 Å². The summed E-state index contributed by atoms with van der Waals surface area (Å²) in [5, 5.41) is 0.935. The van der Waals surface area contributed by atoms with Crippen LogP contribution in [0.25, 0.3) is 0 Å². The van der Waals surface area contributed by atoms with Crippen LogP contribution in [0.3, 0.4) is 0 Å². The smallest absolute Gasteiger partial charge is 0.0215 e. The Bertz CT molecular complexity index is 205. The van der Waals surface area contributed by atoms with Crippen LogP contribution in [0, 0.1) is 0 Å². The van der Waals surface area contributed by atoms with Gasteiger partial charge in [0.25, 0.3) is 0 Å². The second kappa shape index (κ2) is 8.31. The summed E-state index contributed by atoms with van der Waals surface area (Å²) in [7, 11) is 0. The molecule has 0 unspecified atom stereocenters. The summed E-state index contributed by atoms with van der Waals surface area (Å²) in [5.74, 6) is 0. The normalized spacial score (nSPS) is 12.2. The van der Waals surface area contributed by atoms with Gasteiger partial charge in [-0.05, 0) is 33.6 Å². The molecule has 0 amide bonds. The van der Waals surface area contributed by atoms with E-state index >= 15 is 0 Å². The summed E-state index contributed by atoms with van der Waals surface area (Å²) in [5.41, 5.74) is 2.85. The fraction of sp³-hybridized carbons (Fsp3) is 0.500. The Morgan fingerprint density at radius 3 is 2.46 bits per heavy atom. The van der Waals surface area contributed by atoms with Crippen LogP contribution in [-0.2, 0) is 0 Å². The maximum absolute atomic E-state index is 3.35. The predicted octanol–water partition coefficient (Wildman–Crippen LogP) is 4.63. The highest BCUT2D eigenvalue weighted by atomic mass is 79.9. The highest BCUT2D eigenvalue weighted by molar-refractivity contribution is 9.09. The lowest BCUT2D eigenvalue weighted by Crippen LogP contribution is -1.75. The molecule has 0 saturated heterocycles. The average molecular weight is 243 g/mol. The average Bonchev–Trinajstić information content (AvgIpc) is 2.04. The SMILES string of the molecule is CC(C)=CCCC(C)=CC=CCBr. The Kier molecular flexibility index (Phi) is 8.11. The molecular formula is C12H19Br. The number of rotatable bonds is 5. The lowest BCUT2D eigenvalue weighted by molar-refractivity contribution is 0.967. The third kappa shape index (κ3) is 9.62.